The van der Waals surface area contributed by atoms with E-state index in [1.165, 1.54) is 23.1 Å². The number of benzene rings is 2. The molecule has 258 valence electrons. The Labute approximate surface area is 283 Å². The Morgan fingerprint density at radius 1 is 1.04 bits per heavy atom. The number of fused-ring (bicyclic) bond motifs is 1. The average molecular weight is 674 g/mol. The molecule has 1 fully saturated rings. The summed E-state index contributed by atoms with van der Waals surface area (Å²) in [4.78, 5) is 72.2. The van der Waals surface area contributed by atoms with E-state index in [4.69, 9.17) is 18.9 Å². The molecule has 49 heavy (non-hydrogen) atoms. The van der Waals surface area contributed by atoms with Crippen molar-refractivity contribution in [2.24, 2.45) is 0 Å². The monoisotopic (exact) mass is 673 g/mol. The van der Waals surface area contributed by atoms with E-state index in [9.17, 15) is 29.2 Å². The molecule has 1 aliphatic heterocycles. The molecule has 1 aliphatic rings. The third-order valence-electron chi connectivity index (χ3n) is 6.90. The molecule has 0 radical (unpaired) electrons. The molecule has 0 aliphatic carbocycles. The molecule has 1 saturated heterocycles. The van der Waals surface area contributed by atoms with Crippen molar-refractivity contribution in [2.45, 2.75) is 78.4 Å². The molecule has 4 rings (SSSR count). The number of carbonyl (C=O) groups excluding carboxylic acids is 5. The van der Waals surface area contributed by atoms with Crippen molar-refractivity contribution in [3.63, 3.8) is 0 Å². The number of hydrogen-bond acceptors (Lipinski definition) is 11. The number of aromatic nitrogens is 1. The van der Waals surface area contributed by atoms with Gasteiger partial charge in [-0.05, 0) is 83.5 Å². The summed E-state index contributed by atoms with van der Waals surface area (Å²) < 4.78 is 21.9. The van der Waals surface area contributed by atoms with E-state index in [1.54, 1.807) is 65.9 Å². The minimum atomic E-state index is -1.69. The lowest BCUT2D eigenvalue weighted by atomic mass is 10.1. The van der Waals surface area contributed by atoms with Gasteiger partial charge in [0.05, 0.1) is 30.3 Å². The summed E-state index contributed by atoms with van der Waals surface area (Å²) in [6.07, 6.45) is -3.54. The first-order valence-corrected chi connectivity index (χ1v) is 15.5. The normalized spacial score (nSPS) is 15.5. The molecule has 0 unspecified atom stereocenters. The van der Waals surface area contributed by atoms with Gasteiger partial charge in [0.15, 0.2) is 6.10 Å². The third kappa shape index (κ3) is 9.51. The van der Waals surface area contributed by atoms with Gasteiger partial charge in [-0.1, -0.05) is 12.1 Å². The number of imide groups is 1. The second-order valence-electron chi connectivity index (χ2n) is 13.2. The zero-order valence-corrected chi connectivity index (χ0v) is 28.4. The minimum Gasteiger partial charge on any atom is -0.449 e. The number of amides is 4. The lowest BCUT2D eigenvalue weighted by Crippen LogP contribution is -2.56. The van der Waals surface area contributed by atoms with Crippen LogP contribution in [0.5, 0.6) is 0 Å². The van der Waals surface area contributed by atoms with Gasteiger partial charge in [0, 0.05) is 36.4 Å². The number of carbonyl (C=O) groups is 5. The fourth-order valence-corrected chi connectivity index (χ4v) is 4.87. The fraction of sp³-hybridized carbons (Fsp3) is 0.400. The van der Waals surface area contributed by atoms with Crippen molar-refractivity contribution in [2.75, 3.05) is 23.4 Å². The maximum absolute atomic E-state index is 13.7. The van der Waals surface area contributed by atoms with Crippen molar-refractivity contribution >= 4 is 52.2 Å². The predicted molar refractivity (Wildman–Crippen MR) is 177 cm³/mol. The van der Waals surface area contributed by atoms with E-state index in [1.807, 2.05) is 18.2 Å². The van der Waals surface area contributed by atoms with E-state index >= 15 is 0 Å². The van der Waals surface area contributed by atoms with Crippen LogP contribution in [-0.2, 0) is 39.9 Å². The van der Waals surface area contributed by atoms with Crippen molar-refractivity contribution in [3.05, 3.63) is 65.9 Å². The highest BCUT2D eigenvalue weighted by Crippen LogP contribution is 2.26. The molecule has 0 spiro atoms. The number of pyridine rings is 1. The summed E-state index contributed by atoms with van der Waals surface area (Å²) in [5, 5.41) is 13.3. The van der Waals surface area contributed by atoms with Crippen molar-refractivity contribution in [1.82, 2.24) is 9.88 Å². The van der Waals surface area contributed by atoms with Crippen LogP contribution >= 0.6 is 0 Å². The zero-order valence-electron chi connectivity index (χ0n) is 28.4. The van der Waals surface area contributed by atoms with Crippen LogP contribution in [0.15, 0.2) is 54.7 Å². The molecule has 0 saturated carbocycles. The van der Waals surface area contributed by atoms with Crippen LogP contribution in [0.1, 0.15) is 59.6 Å². The molecule has 2 aromatic carbocycles. The maximum Gasteiger partial charge on any atom is 0.420 e. The number of anilines is 2. The zero-order chi connectivity index (χ0) is 36.1. The number of nitrogens with one attached hydrogen (secondary N) is 1. The Morgan fingerprint density at radius 3 is 2.33 bits per heavy atom. The van der Waals surface area contributed by atoms with Crippen LogP contribution in [0.25, 0.3) is 10.9 Å². The molecular weight excluding hydrogens is 634 g/mol. The van der Waals surface area contributed by atoms with Gasteiger partial charge in [-0.3, -0.25) is 19.4 Å². The molecular formula is C35H39N5O9. The predicted octanol–water partition coefficient (Wildman–Crippen LogP) is 5.08. The van der Waals surface area contributed by atoms with Gasteiger partial charge >= 0.3 is 18.2 Å². The van der Waals surface area contributed by atoms with Crippen molar-refractivity contribution < 1.29 is 42.9 Å². The van der Waals surface area contributed by atoms with E-state index < -0.39 is 59.9 Å². The van der Waals surface area contributed by atoms with Crippen molar-refractivity contribution in [1.29, 1.82) is 5.26 Å². The van der Waals surface area contributed by atoms with Crippen LogP contribution in [0, 0.1) is 11.3 Å². The van der Waals surface area contributed by atoms with Gasteiger partial charge in [0.1, 0.15) is 11.2 Å². The average Bonchev–Trinajstić information content (AvgIpc) is 3.00. The minimum absolute atomic E-state index is 0.0495. The van der Waals surface area contributed by atoms with Crippen LogP contribution in [0.4, 0.5) is 21.0 Å². The second kappa shape index (κ2) is 14.7. The lowest BCUT2D eigenvalue weighted by Gasteiger charge is -2.35. The summed E-state index contributed by atoms with van der Waals surface area (Å²) in [6, 6.07) is 15.2. The summed E-state index contributed by atoms with van der Waals surface area (Å²) in [7, 11) is 0. The van der Waals surface area contributed by atoms with Gasteiger partial charge in [0.2, 0.25) is 6.10 Å². The Kier molecular flexibility index (Phi) is 10.9. The fourth-order valence-electron chi connectivity index (χ4n) is 4.87. The highest BCUT2D eigenvalue weighted by Gasteiger charge is 2.43. The Hall–Kier alpha value is -5.55. The standard InChI is InChI=1S/C35H39N5O9/c1-21(41)47-28(29-31(43)39(15-16-46-29)26-13-11-22-9-8-14-37-27(22)18-26)30(42)38-25-12-10-23(19-36)24(17-25)20-40(32(44)48-34(2,3)4)33(45)49-35(5,6)7/h8-14,17-18,28-29H,15-16,20H2,1-7H3,(H,38,42)/t28-,29-/m1/s1. The van der Waals surface area contributed by atoms with Crippen LogP contribution in [-0.4, -0.2) is 76.4 Å². The first-order chi connectivity index (χ1) is 23.0. The van der Waals surface area contributed by atoms with Crippen LogP contribution in [0.2, 0.25) is 0 Å². The molecule has 0 bridgehead atoms. The summed E-state index contributed by atoms with van der Waals surface area (Å²) in [5.74, 6) is -2.31. The smallest absolute Gasteiger partial charge is 0.420 e. The first kappa shape index (κ1) is 36.3. The first-order valence-electron chi connectivity index (χ1n) is 15.5. The van der Waals surface area contributed by atoms with E-state index in [0.29, 0.717) is 16.1 Å². The molecule has 1 N–H and O–H groups in total. The summed E-state index contributed by atoms with van der Waals surface area (Å²) >= 11 is 0. The number of nitriles is 1. The van der Waals surface area contributed by atoms with Gasteiger partial charge in [-0.25, -0.2) is 14.5 Å². The SMILES string of the molecule is CC(=O)O[C@@H](C(=O)Nc1ccc(C#N)c(CN(C(=O)OC(C)(C)C)C(=O)OC(C)(C)C)c1)[C@H]1OCCN(c2ccc3cccnc3c2)C1=O. The summed E-state index contributed by atoms with van der Waals surface area (Å²) in [5.41, 5.74) is -0.321. The van der Waals surface area contributed by atoms with Gasteiger partial charge < -0.3 is 29.2 Å². The quantitative estimate of drug-likeness (QED) is 0.261. The Balaban J connectivity index is 1.60. The summed E-state index contributed by atoms with van der Waals surface area (Å²) in [6.45, 7) is 10.7. The molecule has 3 aromatic rings. The number of ether oxygens (including phenoxy) is 4. The molecule has 2 heterocycles. The Bertz CT molecular complexity index is 1780. The second-order valence-corrected chi connectivity index (χ2v) is 13.2. The van der Waals surface area contributed by atoms with Crippen molar-refractivity contribution in [3.8, 4) is 6.07 Å². The highest BCUT2D eigenvalue weighted by molar-refractivity contribution is 6.05. The molecule has 4 amide bonds. The van der Waals surface area contributed by atoms with Gasteiger partial charge in [0.25, 0.3) is 11.8 Å². The van der Waals surface area contributed by atoms with E-state index in [2.05, 4.69) is 10.3 Å². The van der Waals surface area contributed by atoms with E-state index in [0.717, 1.165) is 12.3 Å². The number of morpholine rings is 1. The van der Waals surface area contributed by atoms with E-state index in [-0.39, 0.29) is 30.0 Å². The number of rotatable bonds is 7. The van der Waals surface area contributed by atoms with Gasteiger partial charge in [-0.2, -0.15) is 5.26 Å². The van der Waals surface area contributed by atoms with Gasteiger partial charge in [-0.15, -0.1) is 0 Å². The third-order valence-corrected chi connectivity index (χ3v) is 6.90. The maximum atomic E-state index is 13.7. The molecule has 14 heteroatoms. The number of hydrogen-bond donors (Lipinski definition) is 1. The van der Waals surface area contributed by atoms with Crippen LogP contribution < -0.4 is 10.2 Å². The number of nitrogens with zero attached hydrogens (tertiary/aromatic N) is 4. The Morgan fingerprint density at radius 2 is 1.71 bits per heavy atom. The highest BCUT2D eigenvalue weighted by atomic mass is 16.6. The molecule has 2 atom stereocenters. The number of esters is 1. The topological polar surface area (TPSA) is 177 Å². The molecule has 1 aromatic heterocycles. The lowest BCUT2D eigenvalue weighted by molar-refractivity contribution is -0.167. The largest absolute Gasteiger partial charge is 0.449 e. The molecule has 14 nitrogen and oxygen atoms in total. The van der Waals surface area contributed by atoms with Crippen LogP contribution in [0.3, 0.4) is 0 Å².